The molecule has 1 atom stereocenters. The highest BCUT2D eigenvalue weighted by Gasteiger charge is 2.18. The maximum atomic E-state index is 6.14. The van der Waals surface area contributed by atoms with Gasteiger partial charge in [0.1, 0.15) is 5.75 Å². The maximum Gasteiger partial charge on any atom is 0.124 e. The van der Waals surface area contributed by atoms with Crippen LogP contribution in [0.25, 0.3) is 10.2 Å². The Morgan fingerprint density at radius 2 is 2.14 bits per heavy atom. The highest BCUT2D eigenvalue weighted by molar-refractivity contribution is 7.17. The lowest BCUT2D eigenvalue weighted by Crippen LogP contribution is -2.18. The molecule has 21 heavy (non-hydrogen) atoms. The Morgan fingerprint density at radius 1 is 1.29 bits per heavy atom. The van der Waals surface area contributed by atoms with Gasteiger partial charge in [0.2, 0.25) is 0 Å². The Kier molecular flexibility index (Phi) is 4.10. The van der Waals surface area contributed by atoms with Crippen molar-refractivity contribution in [1.82, 2.24) is 10.3 Å². The number of pyridine rings is 1. The van der Waals surface area contributed by atoms with E-state index in [2.05, 4.69) is 21.7 Å². The molecule has 3 rings (SSSR count). The fourth-order valence-corrected chi connectivity index (χ4v) is 3.42. The van der Waals surface area contributed by atoms with E-state index in [1.807, 2.05) is 37.5 Å². The highest BCUT2D eigenvalue weighted by Crippen LogP contribution is 2.33. The third-order valence-corrected chi connectivity index (χ3v) is 4.54. The second-order valence-electron chi connectivity index (χ2n) is 4.68. The zero-order valence-electron chi connectivity index (χ0n) is 11.8. The largest absolute Gasteiger partial charge is 0.496 e. The number of nitrogens with one attached hydrogen (secondary N) is 1. The summed E-state index contributed by atoms with van der Waals surface area (Å²) in [6.07, 6.45) is 1.90. The molecule has 1 aromatic carbocycles. The number of aromatic nitrogens is 1. The van der Waals surface area contributed by atoms with Crippen molar-refractivity contribution in [3.63, 3.8) is 0 Å². The lowest BCUT2D eigenvalue weighted by molar-refractivity contribution is 0.405. The van der Waals surface area contributed by atoms with Crippen molar-refractivity contribution < 1.29 is 4.74 Å². The molecule has 1 unspecified atom stereocenters. The topological polar surface area (TPSA) is 34.2 Å². The molecule has 2 heterocycles. The van der Waals surface area contributed by atoms with E-state index in [1.165, 1.54) is 4.70 Å². The van der Waals surface area contributed by atoms with Crippen LogP contribution in [0, 0.1) is 0 Å². The van der Waals surface area contributed by atoms with E-state index in [-0.39, 0.29) is 6.04 Å². The van der Waals surface area contributed by atoms with Gasteiger partial charge >= 0.3 is 0 Å². The molecule has 0 spiro atoms. The van der Waals surface area contributed by atoms with Crippen LogP contribution in [-0.4, -0.2) is 19.1 Å². The second kappa shape index (κ2) is 6.02. The molecular formula is C16H15ClN2OS. The Labute approximate surface area is 132 Å². The first-order chi connectivity index (χ1) is 10.2. The maximum absolute atomic E-state index is 6.14. The van der Waals surface area contributed by atoms with Gasteiger partial charge in [-0.25, -0.2) is 0 Å². The summed E-state index contributed by atoms with van der Waals surface area (Å²) in [4.78, 5) is 4.51. The number of hydrogen-bond acceptors (Lipinski definition) is 4. The van der Waals surface area contributed by atoms with Gasteiger partial charge in [0.15, 0.2) is 0 Å². The fraction of sp³-hybridized carbons (Fsp3) is 0.188. The zero-order chi connectivity index (χ0) is 14.8. The Bertz CT molecular complexity index is 772. The molecule has 108 valence electrons. The van der Waals surface area contributed by atoms with Gasteiger partial charge in [-0.3, -0.25) is 4.98 Å². The third kappa shape index (κ3) is 2.75. The molecular weight excluding hydrogens is 304 g/mol. The van der Waals surface area contributed by atoms with Crippen molar-refractivity contribution in [2.45, 2.75) is 6.04 Å². The van der Waals surface area contributed by atoms with E-state index < -0.39 is 0 Å². The van der Waals surface area contributed by atoms with Crippen molar-refractivity contribution in [3.8, 4) is 5.75 Å². The molecule has 5 heteroatoms. The molecule has 0 radical (unpaired) electrons. The molecule has 3 aromatic rings. The van der Waals surface area contributed by atoms with E-state index in [9.17, 15) is 0 Å². The van der Waals surface area contributed by atoms with Gasteiger partial charge in [-0.1, -0.05) is 11.6 Å². The van der Waals surface area contributed by atoms with E-state index in [0.717, 1.165) is 22.4 Å². The number of methoxy groups -OCH3 is 1. The van der Waals surface area contributed by atoms with Crippen molar-refractivity contribution >= 4 is 33.2 Å². The van der Waals surface area contributed by atoms with Crippen molar-refractivity contribution in [1.29, 1.82) is 0 Å². The number of fused-ring (bicyclic) bond motifs is 1. The van der Waals surface area contributed by atoms with Gasteiger partial charge in [-0.05, 0) is 48.3 Å². The summed E-state index contributed by atoms with van der Waals surface area (Å²) in [5.74, 6) is 0.810. The molecule has 0 saturated carbocycles. The molecule has 3 nitrogen and oxygen atoms in total. The first kappa shape index (κ1) is 14.3. The van der Waals surface area contributed by atoms with Crippen LogP contribution in [0.4, 0.5) is 0 Å². The zero-order valence-corrected chi connectivity index (χ0v) is 13.3. The van der Waals surface area contributed by atoms with E-state index in [0.29, 0.717) is 5.02 Å². The summed E-state index contributed by atoms with van der Waals surface area (Å²) in [6, 6.07) is 9.82. The molecule has 2 aromatic heterocycles. The summed E-state index contributed by atoms with van der Waals surface area (Å²) in [5, 5.41) is 6.06. The normalized spacial score (nSPS) is 12.5. The summed E-state index contributed by atoms with van der Waals surface area (Å²) < 4.78 is 6.64. The minimum Gasteiger partial charge on any atom is -0.496 e. The van der Waals surface area contributed by atoms with Crippen molar-refractivity contribution in [2.24, 2.45) is 0 Å². The number of benzene rings is 1. The van der Waals surface area contributed by atoms with Crippen LogP contribution in [0.1, 0.15) is 17.2 Å². The number of halogens is 1. The molecule has 0 fully saturated rings. The van der Waals surface area contributed by atoms with Crippen molar-refractivity contribution in [3.05, 3.63) is 58.1 Å². The molecule has 1 N–H and O–H groups in total. The number of ether oxygens (including phenoxy) is 1. The number of rotatable bonds is 4. The molecule has 0 aliphatic rings. The Balaban J connectivity index is 2.10. The monoisotopic (exact) mass is 318 g/mol. The summed E-state index contributed by atoms with van der Waals surface area (Å²) in [7, 11) is 3.59. The molecule has 0 aliphatic carbocycles. The molecule has 0 amide bonds. The second-order valence-corrected chi connectivity index (χ2v) is 6.06. The van der Waals surface area contributed by atoms with Gasteiger partial charge < -0.3 is 10.1 Å². The smallest absolute Gasteiger partial charge is 0.124 e. The average Bonchev–Trinajstić information content (AvgIpc) is 2.96. The van der Waals surface area contributed by atoms with Gasteiger partial charge in [0, 0.05) is 16.8 Å². The Morgan fingerprint density at radius 3 is 2.90 bits per heavy atom. The quantitative estimate of drug-likeness (QED) is 0.780. The van der Waals surface area contributed by atoms with Crippen LogP contribution in [-0.2, 0) is 0 Å². The van der Waals surface area contributed by atoms with E-state index >= 15 is 0 Å². The lowest BCUT2D eigenvalue weighted by atomic mass is 9.99. The van der Waals surface area contributed by atoms with Crippen LogP contribution in [0.3, 0.4) is 0 Å². The standard InChI is InChI=1S/C16H15ClN2OS/c1-18-16(12-8-11(17)3-4-14(12)20-2)10-7-15-13(19-9-10)5-6-21-15/h3-9,16,18H,1-2H3. The molecule has 0 aliphatic heterocycles. The predicted molar refractivity (Wildman–Crippen MR) is 88.5 cm³/mol. The first-order valence-electron chi connectivity index (χ1n) is 6.57. The van der Waals surface area contributed by atoms with Crippen LogP contribution < -0.4 is 10.1 Å². The van der Waals surface area contributed by atoms with Crippen molar-refractivity contribution in [2.75, 3.05) is 14.2 Å². The third-order valence-electron chi connectivity index (χ3n) is 3.45. The molecule has 0 bridgehead atoms. The van der Waals surface area contributed by atoms with Gasteiger partial charge in [0.25, 0.3) is 0 Å². The minimum absolute atomic E-state index is 0.0161. The van der Waals surface area contributed by atoms with Gasteiger partial charge in [0.05, 0.1) is 23.4 Å². The van der Waals surface area contributed by atoms with E-state index in [4.69, 9.17) is 16.3 Å². The lowest BCUT2D eigenvalue weighted by Gasteiger charge is -2.20. The Hall–Kier alpha value is -1.62. The van der Waals surface area contributed by atoms with Crippen LogP contribution in [0.5, 0.6) is 5.75 Å². The summed E-state index contributed by atoms with van der Waals surface area (Å²) in [5.41, 5.74) is 3.12. The van der Waals surface area contributed by atoms with Crippen LogP contribution in [0.15, 0.2) is 41.9 Å². The summed E-state index contributed by atoms with van der Waals surface area (Å²) >= 11 is 7.83. The van der Waals surface area contributed by atoms with Crippen LogP contribution in [0.2, 0.25) is 5.02 Å². The predicted octanol–water partition coefficient (Wildman–Crippen LogP) is 4.27. The first-order valence-corrected chi connectivity index (χ1v) is 7.82. The number of nitrogens with zero attached hydrogens (tertiary/aromatic N) is 1. The van der Waals surface area contributed by atoms with Gasteiger partial charge in [-0.15, -0.1) is 11.3 Å². The minimum atomic E-state index is -0.0161. The van der Waals surface area contributed by atoms with E-state index in [1.54, 1.807) is 18.4 Å². The number of hydrogen-bond donors (Lipinski definition) is 1. The highest BCUT2D eigenvalue weighted by atomic mass is 35.5. The van der Waals surface area contributed by atoms with Crippen LogP contribution >= 0.6 is 22.9 Å². The SMILES string of the molecule is CNC(c1cnc2ccsc2c1)c1cc(Cl)ccc1OC. The fourth-order valence-electron chi connectivity index (χ4n) is 2.45. The molecule has 0 saturated heterocycles. The number of thiophene rings is 1. The summed E-state index contributed by atoms with van der Waals surface area (Å²) in [6.45, 7) is 0. The van der Waals surface area contributed by atoms with Gasteiger partial charge in [-0.2, -0.15) is 0 Å². The average molecular weight is 319 g/mol.